The molecule has 6 nitrogen and oxygen atoms in total. The lowest BCUT2D eigenvalue weighted by Gasteiger charge is -2.26. The molecule has 0 spiro atoms. The standard InChI is InChI=1S/C19H21N3O3S/c1-21(2)19(25)15-8-4-10-22(15)18(24)13-6-3-7-14(12-13)20-17(23)16-9-5-11-26-16/h3,5-7,9,11-12,15H,4,8,10H2,1-2H3,(H,20,23). The summed E-state index contributed by atoms with van der Waals surface area (Å²) in [5.41, 5.74) is 1.02. The van der Waals surface area contributed by atoms with E-state index in [0.717, 1.165) is 6.42 Å². The van der Waals surface area contributed by atoms with E-state index in [2.05, 4.69) is 5.32 Å². The molecule has 1 aliphatic rings. The summed E-state index contributed by atoms with van der Waals surface area (Å²) in [6, 6.07) is 9.99. The lowest BCUT2D eigenvalue weighted by atomic mass is 10.1. The number of nitrogens with zero attached hydrogens (tertiary/aromatic N) is 2. The molecule has 1 atom stereocenters. The zero-order valence-corrected chi connectivity index (χ0v) is 15.6. The number of likely N-dealkylation sites (tertiary alicyclic amines) is 1. The van der Waals surface area contributed by atoms with Crippen LogP contribution in [-0.4, -0.2) is 54.2 Å². The molecule has 136 valence electrons. The van der Waals surface area contributed by atoms with Crippen molar-refractivity contribution < 1.29 is 14.4 Å². The number of nitrogens with one attached hydrogen (secondary N) is 1. The first-order chi connectivity index (χ1) is 12.5. The van der Waals surface area contributed by atoms with E-state index in [4.69, 9.17) is 0 Å². The van der Waals surface area contributed by atoms with Crippen molar-refractivity contribution in [2.75, 3.05) is 26.0 Å². The highest BCUT2D eigenvalue weighted by atomic mass is 32.1. The molecule has 1 aliphatic heterocycles. The van der Waals surface area contributed by atoms with Gasteiger partial charge in [-0.25, -0.2) is 0 Å². The summed E-state index contributed by atoms with van der Waals surface area (Å²) in [5, 5.41) is 4.65. The molecule has 0 saturated carbocycles. The number of carbonyl (C=O) groups is 3. The van der Waals surface area contributed by atoms with Crippen LogP contribution in [0.2, 0.25) is 0 Å². The Morgan fingerprint density at radius 1 is 1.19 bits per heavy atom. The van der Waals surface area contributed by atoms with E-state index in [9.17, 15) is 14.4 Å². The maximum atomic E-state index is 12.9. The third-order valence-electron chi connectivity index (χ3n) is 4.35. The fraction of sp³-hybridized carbons (Fsp3) is 0.316. The molecule has 1 saturated heterocycles. The normalized spacial score (nSPS) is 16.4. The number of likely N-dealkylation sites (N-methyl/N-ethyl adjacent to an activating group) is 1. The van der Waals surface area contributed by atoms with Crippen LogP contribution in [-0.2, 0) is 4.79 Å². The van der Waals surface area contributed by atoms with E-state index < -0.39 is 6.04 Å². The van der Waals surface area contributed by atoms with Crippen LogP contribution >= 0.6 is 11.3 Å². The van der Waals surface area contributed by atoms with Gasteiger partial charge in [0.05, 0.1) is 4.88 Å². The number of thiophene rings is 1. The van der Waals surface area contributed by atoms with Gasteiger partial charge in [-0.3, -0.25) is 14.4 Å². The average Bonchev–Trinajstić information content (AvgIpc) is 3.32. The first-order valence-corrected chi connectivity index (χ1v) is 9.32. The van der Waals surface area contributed by atoms with Gasteiger partial charge in [-0.1, -0.05) is 12.1 Å². The Morgan fingerprint density at radius 3 is 2.69 bits per heavy atom. The van der Waals surface area contributed by atoms with Crippen LogP contribution in [0.25, 0.3) is 0 Å². The summed E-state index contributed by atoms with van der Waals surface area (Å²) < 4.78 is 0. The number of carbonyl (C=O) groups excluding carboxylic acids is 3. The molecule has 3 rings (SSSR count). The van der Waals surface area contributed by atoms with Crippen molar-refractivity contribution in [2.45, 2.75) is 18.9 Å². The number of hydrogen-bond donors (Lipinski definition) is 1. The highest BCUT2D eigenvalue weighted by Crippen LogP contribution is 2.23. The van der Waals surface area contributed by atoms with Crippen molar-refractivity contribution >= 4 is 34.7 Å². The monoisotopic (exact) mass is 371 g/mol. The van der Waals surface area contributed by atoms with Crippen molar-refractivity contribution in [3.05, 3.63) is 52.2 Å². The molecule has 2 aromatic rings. The zero-order valence-electron chi connectivity index (χ0n) is 14.8. The Bertz CT molecular complexity index is 817. The predicted molar refractivity (Wildman–Crippen MR) is 101 cm³/mol. The molecule has 26 heavy (non-hydrogen) atoms. The molecular weight excluding hydrogens is 350 g/mol. The number of benzene rings is 1. The van der Waals surface area contributed by atoms with Crippen LogP contribution in [0.5, 0.6) is 0 Å². The Labute approximate surface area is 156 Å². The number of hydrogen-bond acceptors (Lipinski definition) is 4. The van der Waals surface area contributed by atoms with E-state index in [1.165, 1.54) is 16.2 Å². The minimum Gasteiger partial charge on any atom is -0.347 e. The minimum atomic E-state index is -0.415. The molecule has 1 aromatic heterocycles. The molecule has 1 fully saturated rings. The minimum absolute atomic E-state index is 0.0574. The third kappa shape index (κ3) is 3.77. The molecule has 3 amide bonds. The van der Waals surface area contributed by atoms with Gasteiger partial charge in [0.1, 0.15) is 6.04 Å². The summed E-state index contributed by atoms with van der Waals surface area (Å²) in [5.74, 6) is -0.445. The maximum Gasteiger partial charge on any atom is 0.265 e. The fourth-order valence-electron chi connectivity index (χ4n) is 3.06. The van der Waals surface area contributed by atoms with Gasteiger partial charge in [0.15, 0.2) is 0 Å². The highest BCUT2D eigenvalue weighted by molar-refractivity contribution is 7.12. The fourth-order valence-corrected chi connectivity index (χ4v) is 3.68. The lowest BCUT2D eigenvalue weighted by molar-refractivity contribution is -0.132. The second kappa shape index (κ2) is 7.70. The van der Waals surface area contributed by atoms with Crippen LogP contribution in [0.15, 0.2) is 41.8 Å². The van der Waals surface area contributed by atoms with Gasteiger partial charge in [-0.2, -0.15) is 0 Å². The Balaban J connectivity index is 1.76. The molecule has 0 bridgehead atoms. The summed E-state index contributed by atoms with van der Waals surface area (Å²) >= 11 is 1.36. The number of rotatable bonds is 4. The van der Waals surface area contributed by atoms with Crippen LogP contribution in [0.3, 0.4) is 0 Å². The molecule has 1 aromatic carbocycles. The van der Waals surface area contributed by atoms with Crippen molar-refractivity contribution in [3.8, 4) is 0 Å². The van der Waals surface area contributed by atoms with Gasteiger partial charge in [-0.15, -0.1) is 11.3 Å². The van der Waals surface area contributed by atoms with Crippen molar-refractivity contribution in [1.29, 1.82) is 0 Å². The largest absolute Gasteiger partial charge is 0.347 e. The maximum absolute atomic E-state index is 12.9. The average molecular weight is 371 g/mol. The van der Waals surface area contributed by atoms with Gasteiger partial charge in [-0.05, 0) is 42.5 Å². The molecule has 1 N–H and O–H groups in total. The van der Waals surface area contributed by atoms with E-state index in [1.54, 1.807) is 49.3 Å². The van der Waals surface area contributed by atoms with Crippen molar-refractivity contribution in [3.63, 3.8) is 0 Å². The Morgan fingerprint density at radius 2 is 2.00 bits per heavy atom. The summed E-state index contributed by atoms with van der Waals surface area (Å²) in [4.78, 5) is 41.1. The van der Waals surface area contributed by atoms with Crippen LogP contribution < -0.4 is 5.32 Å². The van der Waals surface area contributed by atoms with E-state index in [-0.39, 0.29) is 17.7 Å². The van der Waals surface area contributed by atoms with Gasteiger partial charge in [0, 0.05) is 31.9 Å². The Hall–Kier alpha value is -2.67. The zero-order chi connectivity index (χ0) is 18.7. The first-order valence-electron chi connectivity index (χ1n) is 8.44. The van der Waals surface area contributed by atoms with Crippen molar-refractivity contribution in [2.24, 2.45) is 0 Å². The van der Waals surface area contributed by atoms with Gasteiger partial charge < -0.3 is 15.1 Å². The smallest absolute Gasteiger partial charge is 0.265 e. The van der Waals surface area contributed by atoms with E-state index in [0.29, 0.717) is 29.1 Å². The number of anilines is 1. The molecular formula is C19H21N3O3S. The molecule has 0 aliphatic carbocycles. The quantitative estimate of drug-likeness (QED) is 0.898. The van der Waals surface area contributed by atoms with Crippen LogP contribution in [0.1, 0.15) is 32.9 Å². The van der Waals surface area contributed by atoms with Gasteiger partial charge in [0.2, 0.25) is 5.91 Å². The third-order valence-corrected chi connectivity index (χ3v) is 5.22. The van der Waals surface area contributed by atoms with Crippen molar-refractivity contribution in [1.82, 2.24) is 9.80 Å². The van der Waals surface area contributed by atoms with E-state index in [1.807, 2.05) is 11.4 Å². The second-order valence-corrected chi connectivity index (χ2v) is 7.35. The van der Waals surface area contributed by atoms with E-state index >= 15 is 0 Å². The molecule has 1 unspecified atom stereocenters. The van der Waals surface area contributed by atoms with Crippen LogP contribution in [0.4, 0.5) is 5.69 Å². The predicted octanol–water partition coefficient (Wildman–Crippen LogP) is 2.69. The molecule has 7 heteroatoms. The molecule has 2 heterocycles. The second-order valence-electron chi connectivity index (χ2n) is 6.40. The Kier molecular flexibility index (Phi) is 5.37. The highest BCUT2D eigenvalue weighted by Gasteiger charge is 2.35. The topological polar surface area (TPSA) is 69.7 Å². The summed E-state index contributed by atoms with van der Waals surface area (Å²) in [6.07, 6.45) is 1.49. The lowest BCUT2D eigenvalue weighted by Crippen LogP contribution is -2.45. The number of amides is 3. The first kappa shape index (κ1) is 18.1. The van der Waals surface area contributed by atoms with Gasteiger partial charge >= 0.3 is 0 Å². The van der Waals surface area contributed by atoms with Crippen LogP contribution in [0, 0.1) is 0 Å². The van der Waals surface area contributed by atoms with Gasteiger partial charge in [0.25, 0.3) is 11.8 Å². The molecule has 0 radical (unpaired) electrons. The SMILES string of the molecule is CN(C)C(=O)C1CCCN1C(=O)c1cccc(NC(=O)c2cccs2)c1. The summed E-state index contributed by atoms with van der Waals surface area (Å²) in [6.45, 7) is 0.564. The summed E-state index contributed by atoms with van der Waals surface area (Å²) in [7, 11) is 3.40.